The van der Waals surface area contributed by atoms with E-state index in [1.54, 1.807) is 0 Å². The molecule has 1 fully saturated rings. The van der Waals surface area contributed by atoms with Crippen LogP contribution in [0.1, 0.15) is 54.4 Å². The summed E-state index contributed by atoms with van der Waals surface area (Å²) in [6.07, 6.45) is 7.50. The monoisotopic (exact) mass is 273 g/mol. The average Bonchev–Trinajstić information content (AvgIpc) is 3.00. The summed E-state index contributed by atoms with van der Waals surface area (Å²) < 4.78 is 5.61. The SMILES string of the molecule is O=C(CCCC1CCCO1)c1cccc2c1CCCN2. The highest BCUT2D eigenvalue weighted by atomic mass is 16.5. The first-order valence-electron chi connectivity index (χ1n) is 7.85. The number of benzene rings is 1. The predicted molar refractivity (Wildman–Crippen MR) is 80.4 cm³/mol. The molecule has 0 radical (unpaired) electrons. The Hall–Kier alpha value is -1.35. The molecule has 0 amide bonds. The van der Waals surface area contributed by atoms with E-state index in [2.05, 4.69) is 11.4 Å². The van der Waals surface area contributed by atoms with Gasteiger partial charge in [0.15, 0.2) is 5.78 Å². The molecule has 1 aromatic rings. The molecule has 1 atom stereocenters. The number of Topliss-reactive ketones (excluding diaryl/α,β-unsaturated/α-hetero) is 1. The lowest BCUT2D eigenvalue weighted by Crippen LogP contribution is -2.15. The van der Waals surface area contributed by atoms with Gasteiger partial charge in [-0.2, -0.15) is 0 Å². The maximum absolute atomic E-state index is 12.4. The van der Waals surface area contributed by atoms with E-state index in [9.17, 15) is 4.79 Å². The van der Waals surface area contributed by atoms with Crippen LogP contribution in [0.5, 0.6) is 0 Å². The third kappa shape index (κ3) is 3.04. The van der Waals surface area contributed by atoms with E-state index < -0.39 is 0 Å². The Labute approximate surface area is 120 Å². The molecule has 3 heteroatoms. The summed E-state index contributed by atoms with van der Waals surface area (Å²) in [5, 5.41) is 3.39. The van der Waals surface area contributed by atoms with Gasteiger partial charge in [-0.15, -0.1) is 0 Å². The maximum atomic E-state index is 12.4. The lowest BCUT2D eigenvalue weighted by molar-refractivity contribution is 0.0922. The van der Waals surface area contributed by atoms with E-state index in [0.717, 1.165) is 50.1 Å². The van der Waals surface area contributed by atoms with E-state index in [-0.39, 0.29) is 0 Å². The number of fused-ring (bicyclic) bond motifs is 1. The first-order chi connectivity index (χ1) is 9.84. The van der Waals surface area contributed by atoms with Crippen molar-refractivity contribution in [3.8, 4) is 0 Å². The van der Waals surface area contributed by atoms with Gasteiger partial charge < -0.3 is 10.1 Å². The van der Waals surface area contributed by atoms with Gasteiger partial charge in [0.1, 0.15) is 0 Å². The molecule has 0 saturated carbocycles. The van der Waals surface area contributed by atoms with E-state index in [1.807, 2.05) is 12.1 Å². The van der Waals surface area contributed by atoms with Crippen LogP contribution in [0.2, 0.25) is 0 Å². The number of hydrogen-bond donors (Lipinski definition) is 1. The zero-order valence-corrected chi connectivity index (χ0v) is 12.0. The van der Waals surface area contributed by atoms with Crippen LogP contribution in [0.4, 0.5) is 5.69 Å². The number of ketones is 1. The third-order valence-corrected chi connectivity index (χ3v) is 4.35. The summed E-state index contributed by atoms with van der Waals surface area (Å²) in [4.78, 5) is 12.4. The second kappa shape index (κ2) is 6.40. The zero-order valence-electron chi connectivity index (χ0n) is 12.0. The molecule has 1 aromatic carbocycles. The van der Waals surface area contributed by atoms with Crippen molar-refractivity contribution < 1.29 is 9.53 Å². The molecule has 108 valence electrons. The smallest absolute Gasteiger partial charge is 0.163 e. The molecule has 2 aliphatic rings. The molecule has 0 aromatic heterocycles. The van der Waals surface area contributed by atoms with Crippen molar-refractivity contribution in [2.24, 2.45) is 0 Å². The van der Waals surface area contributed by atoms with Crippen molar-refractivity contribution in [3.05, 3.63) is 29.3 Å². The Bertz CT molecular complexity index is 478. The highest BCUT2D eigenvalue weighted by molar-refractivity contribution is 5.98. The van der Waals surface area contributed by atoms with Gasteiger partial charge in [-0.3, -0.25) is 4.79 Å². The van der Waals surface area contributed by atoms with Crippen molar-refractivity contribution in [2.75, 3.05) is 18.5 Å². The van der Waals surface area contributed by atoms with E-state index in [0.29, 0.717) is 18.3 Å². The molecule has 0 aliphatic carbocycles. The minimum absolute atomic E-state index is 0.295. The number of nitrogens with one attached hydrogen (secondary N) is 1. The van der Waals surface area contributed by atoms with Crippen molar-refractivity contribution >= 4 is 11.5 Å². The van der Waals surface area contributed by atoms with Crippen molar-refractivity contribution in [3.63, 3.8) is 0 Å². The first kappa shape index (κ1) is 13.6. The summed E-state index contributed by atoms with van der Waals surface area (Å²) in [6, 6.07) is 6.06. The fraction of sp³-hybridized carbons (Fsp3) is 0.588. The fourth-order valence-electron chi connectivity index (χ4n) is 3.27. The summed E-state index contributed by atoms with van der Waals surface area (Å²) >= 11 is 0. The molecule has 2 heterocycles. The Kier molecular flexibility index (Phi) is 4.36. The lowest BCUT2D eigenvalue weighted by Gasteiger charge is -2.20. The van der Waals surface area contributed by atoms with Crippen molar-refractivity contribution in [1.82, 2.24) is 0 Å². The van der Waals surface area contributed by atoms with E-state index >= 15 is 0 Å². The number of rotatable bonds is 5. The summed E-state index contributed by atoms with van der Waals surface area (Å²) in [5.74, 6) is 0.295. The Morgan fingerprint density at radius 2 is 2.30 bits per heavy atom. The summed E-state index contributed by atoms with van der Waals surface area (Å²) in [7, 11) is 0. The van der Waals surface area contributed by atoms with E-state index in [4.69, 9.17) is 4.74 Å². The number of ether oxygens (including phenoxy) is 1. The molecule has 20 heavy (non-hydrogen) atoms. The normalized spacial score (nSPS) is 21.3. The fourth-order valence-corrected chi connectivity index (χ4v) is 3.27. The van der Waals surface area contributed by atoms with Crippen molar-refractivity contribution in [2.45, 2.75) is 51.0 Å². The molecule has 0 spiro atoms. The van der Waals surface area contributed by atoms with Crippen LogP contribution >= 0.6 is 0 Å². The van der Waals surface area contributed by atoms with Crippen LogP contribution in [0.25, 0.3) is 0 Å². The van der Waals surface area contributed by atoms with Crippen LogP contribution < -0.4 is 5.32 Å². The molecule has 1 N–H and O–H groups in total. The number of carbonyl (C=O) groups excluding carboxylic acids is 1. The second-order valence-electron chi connectivity index (χ2n) is 5.81. The molecule has 1 unspecified atom stereocenters. The molecule has 3 nitrogen and oxygen atoms in total. The van der Waals surface area contributed by atoms with Gasteiger partial charge in [0.25, 0.3) is 0 Å². The molecule has 3 rings (SSSR count). The van der Waals surface area contributed by atoms with Gasteiger partial charge in [-0.05, 0) is 50.2 Å². The summed E-state index contributed by atoms with van der Waals surface area (Å²) in [6.45, 7) is 1.92. The van der Waals surface area contributed by atoms with Gasteiger partial charge in [-0.25, -0.2) is 0 Å². The van der Waals surface area contributed by atoms with Gasteiger partial charge in [-0.1, -0.05) is 12.1 Å². The van der Waals surface area contributed by atoms with E-state index in [1.165, 1.54) is 18.4 Å². The van der Waals surface area contributed by atoms with Gasteiger partial charge in [0, 0.05) is 30.8 Å². The number of hydrogen-bond acceptors (Lipinski definition) is 3. The molecular formula is C17H23NO2. The lowest BCUT2D eigenvalue weighted by atomic mass is 9.93. The molecular weight excluding hydrogens is 250 g/mol. The number of anilines is 1. The Morgan fingerprint density at radius 1 is 1.35 bits per heavy atom. The highest BCUT2D eigenvalue weighted by Crippen LogP contribution is 2.27. The standard InChI is InChI=1S/C17H23NO2/c19-17(10-1-5-13-6-4-12-20-13)15-7-2-9-16-14(15)8-3-11-18-16/h2,7,9,13,18H,1,3-6,8,10-12H2. The molecule has 2 aliphatic heterocycles. The van der Waals surface area contributed by atoms with Crippen LogP contribution in [0, 0.1) is 0 Å². The predicted octanol–water partition coefficient (Wildman–Crippen LogP) is 3.58. The van der Waals surface area contributed by atoms with Crippen LogP contribution in [0.3, 0.4) is 0 Å². The largest absolute Gasteiger partial charge is 0.385 e. The van der Waals surface area contributed by atoms with Gasteiger partial charge in [0.2, 0.25) is 0 Å². The topological polar surface area (TPSA) is 38.3 Å². The van der Waals surface area contributed by atoms with Gasteiger partial charge >= 0.3 is 0 Å². The van der Waals surface area contributed by atoms with Crippen LogP contribution in [0.15, 0.2) is 18.2 Å². The average molecular weight is 273 g/mol. The first-order valence-corrected chi connectivity index (χ1v) is 7.85. The number of carbonyl (C=O) groups is 1. The molecule has 1 saturated heterocycles. The van der Waals surface area contributed by atoms with Gasteiger partial charge in [0.05, 0.1) is 6.10 Å². The minimum Gasteiger partial charge on any atom is -0.385 e. The third-order valence-electron chi connectivity index (χ3n) is 4.35. The minimum atomic E-state index is 0.295. The van der Waals surface area contributed by atoms with Crippen LogP contribution in [-0.4, -0.2) is 25.0 Å². The Morgan fingerprint density at radius 3 is 3.15 bits per heavy atom. The quantitative estimate of drug-likeness (QED) is 0.833. The molecule has 0 bridgehead atoms. The second-order valence-corrected chi connectivity index (χ2v) is 5.81. The zero-order chi connectivity index (χ0) is 13.8. The highest BCUT2D eigenvalue weighted by Gasteiger charge is 2.19. The Balaban J connectivity index is 1.59. The maximum Gasteiger partial charge on any atom is 0.163 e. The summed E-state index contributed by atoms with van der Waals surface area (Å²) in [5.41, 5.74) is 3.31. The van der Waals surface area contributed by atoms with Crippen LogP contribution in [-0.2, 0) is 11.2 Å². The van der Waals surface area contributed by atoms with Crippen molar-refractivity contribution in [1.29, 1.82) is 0 Å².